The molecule has 2 saturated heterocycles. The maximum Gasteiger partial charge on any atom is 0.410 e. The smallest absolute Gasteiger partial charge is 0.410 e. The summed E-state index contributed by atoms with van der Waals surface area (Å²) in [4.78, 5) is 29.2. The van der Waals surface area contributed by atoms with Crippen LogP contribution in [0.1, 0.15) is 56.7 Å². The molecule has 3 atom stereocenters. The average molecular weight is 510 g/mol. The molecule has 0 radical (unpaired) electrons. The van der Waals surface area contributed by atoms with Crippen molar-refractivity contribution in [3.8, 4) is 0 Å². The summed E-state index contributed by atoms with van der Waals surface area (Å²) in [6, 6.07) is 13.2. The number of benzene rings is 2. The van der Waals surface area contributed by atoms with E-state index in [0.29, 0.717) is 31.5 Å². The van der Waals surface area contributed by atoms with Gasteiger partial charge in [0.2, 0.25) is 0 Å². The van der Waals surface area contributed by atoms with Gasteiger partial charge >= 0.3 is 12.2 Å². The SMILES string of the molecule is CC(C)(C)OC(=O)N1C2CCC1CN(c1cc(F)c3c(c1)CCC(NC(=O)OCc1ccccc1)C3)C2. The van der Waals surface area contributed by atoms with Crippen molar-refractivity contribution in [3.63, 3.8) is 0 Å². The van der Waals surface area contributed by atoms with Gasteiger partial charge in [-0.15, -0.1) is 0 Å². The molecule has 0 aromatic heterocycles. The minimum absolute atomic E-state index is 0.0724. The first-order valence-corrected chi connectivity index (χ1v) is 13.2. The molecule has 2 fully saturated rings. The molecule has 7 nitrogen and oxygen atoms in total. The fourth-order valence-corrected chi connectivity index (χ4v) is 5.77. The molecule has 3 aliphatic rings. The lowest BCUT2D eigenvalue weighted by Crippen LogP contribution is -2.56. The van der Waals surface area contributed by atoms with Gasteiger partial charge in [0.25, 0.3) is 0 Å². The molecule has 2 aliphatic heterocycles. The average Bonchev–Trinajstić information content (AvgIpc) is 3.12. The predicted octanol–water partition coefficient (Wildman–Crippen LogP) is 5.20. The predicted molar refractivity (Wildman–Crippen MR) is 139 cm³/mol. The zero-order valence-electron chi connectivity index (χ0n) is 21.8. The van der Waals surface area contributed by atoms with E-state index >= 15 is 4.39 Å². The summed E-state index contributed by atoms with van der Waals surface area (Å²) < 4.78 is 26.3. The molecule has 3 unspecified atom stereocenters. The van der Waals surface area contributed by atoms with Crippen LogP contribution in [0.15, 0.2) is 42.5 Å². The van der Waals surface area contributed by atoms with E-state index in [-0.39, 0.29) is 36.6 Å². The van der Waals surface area contributed by atoms with Gasteiger partial charge in [-0.1, -0.05) is 30.3 Å². The first-order chi connectivity index (χ1) is 17.7. The van der Waals surface area contributed by atoms with Crippen LogP contribution < -0.4 is 10.2 Å². The Balaban J connectivity index is 1.20. The molecule has 2 amide bonds. The maximum atomic E-state index is 15.3. The first-order valence-electron chi connectivity index (χ1n) is 13.2. The second-order valence-electron chi connectivity index (χ2n) is 11.4. The quantitative estimate of drug-likeness (QED) is 0.614. The molecule has 1 N–H and O–H groups in total. The van der Waals surface area contributed by atoms with Crippen LogP contribution in [0.4, 0.5) is 19.7 Å². The molecule has 2 bridgehead atoms. The normalized spacial score (nSPS) is 22.9. The van der Waals surface area contributed by atoms with Gasteiger partial charge in [0, 0.05) is 24.8 Å². The molecule has 8 heteroatoms. The molecule has 37 heavy (non-hydrogen) atoms. The highest BCUT2D eigenvalue weighted by Gasteiger charge is 2.44. The van der Waals surface area contributed by atoms with Gasteiger partial charge in [-0.3, -0.25) is 4.90 Å². The maximum absolute atomic E-state index is 15.3. The number of piperazine rings is 1. The molecule has 198 valence electrons. The summed E-state index contributed by atoms with van der Waals surface area (Å²) in [6.07, 6.45) is 3.00. The number of halogens is 1. The Bertz CT molecular complexity index is 1140. The van der Waals surface area contributed by atoms with Crippen molar-refractivity contribution >= 4 is 17.9 Å². The van der Waals surface area contributed by atoms with Crippen LogP contribution in [0.5, 0.6) is 0 Å². The van der Waals surface area contributed by atoms with Crippen molar-refractivity contribution < 1.29 is 23.5 Å². The van der Waals surface area contributed by atoms with Crippen molar-refractivity contribution in [2.45, 2.75) is 83.2 Å². The van der Waals surface area contributed by atoms with Crippen molar-refractivity contribution in [3.05, 3.63) is 65.0 Å². The number of hydrogen-bond donors (Lipinski definition) is 1. The Kier molecular flexibility index (Phi) is 7.01. The monoisotopic (exact) mass is 509 g/mol. The summed E-state index contributed by atoms with van der Waals surface area (Å²) in [5.74, 6) is -0.237. The number of anilines is 1. The van der Waals surface area contributed by atoms with Crippen LogP contribution in [-0.4, -0.2) is 53.9 Å². The van der Waals surface area contributed by atoms with E-state index in [2.05, 4.69) is 16.3 Å². The van der Waals surface area contributed by atoms with Crippen molar-refractivity contribution in [2.24, 2.45) is 0 Å². The number of fused-ring (bicyclic) bond motifs is 3. The molecule has 2 aromatic rings. The fraction of sp³-hybridized carbons (Fsp3) is 0.517. The van der Waals surface area contributed by atoms with Gasteiger partial charge < -0.3 is 19.7 Å². The van der Waals surface area contributed by atoms with E-state index < -0.39 is 11.7 Å². The molecule has 1 aliphatic carbocycles. The van der Waals surface area contributed by atoms with Gasteiger partial charge in [0.15, 0.2) is 0 Å². The first kappa shape index (κ1) is 25.4. The van der Waals surface area contributed by atoms with E-state index in [4.69, 9.17) is 9.47 Å². The molecular formula is C29H36FN3O4. The van der Waals surface area contributed by atoms with Crippen LogP contribution in [0.25, 0.3) is 0 Å². The van der Waals surface area contributed by atoms with Gasteiger partial charge in [-0.25, -0.2) is 14.0 Å². The third kappa shape index (κ3) is 5.84. The Hall–Kier alpha value is -3.29. The highest BCUT2D eigenvalue weighted by Crippen LogP contribution is 2.36. The van der Waals surface area contributed by atoms with Gasteiger partial charge in [0.05, 0.1) is 12.1 Å². The number of carbonyl (C=O) groups is 2. The summed E-state index contributed by atoms with van der Waals surface area (Å²) >= 11 is 0. The van der Waals surface area contributed by atoms with E-state index in [0.717, 1.165) is 36.1 Å². The van der Waals surface area contributed by atoms with E-state index in [1.54, 1.807) is 6.07 Å². The minimum atomic E-state index is -0.527. The second kappa shape index (κ2) is 10.2. The van der Waals surface area contributed by atoms with E-state index in [1.165, 1.54) is 0 Å². The third-order valence-corrected chi connectivity index (χ3v) is 7.47. The van der Waals surface area contributed by atoms with Crippen LogP contribution in [0.3, 0.4) is 0 Å². The van der Waals surface area contributed by atoms with Crippen molar-refractivity contribution in [1.29, 1.82) is 0 Å². The Morgan fingerprint density at radius 1 is 1.05 bits per heavy atom. The minimum Gasteiger partial charge on any atom is -0.445 e. The number of amides is 2. The zero-order valence-corrected chi connectivity index (χ0v) is 21.8. The Morgan fingerprint density at radius 3 is 2.43 bits per heavy atom. The number of alkyl carbamates (subject to hydrolysis) is 1. The number of carbonyl (C=O) groups excluding carboxylic acids is 2. The Morgan fingerprint density at radius 2 is 1.76 bits per heavy atom. The van der Waals surface area contributed by atoms with E-state index in [9.17, 15) is 9.59 Å². The van der Waals surface area contributed by atoms with Crippen LogP contribution in [0.2, 0.25) is 0 Å². The van der Waals surface area contributed by atoms with Crippen molar-refractivity contribution in [1.82, 2.24) is 10.2 Å². The number of nitrogens with one attached hydrogen (secondary N) is 1. The second-order valence-corrected chi connectivity index (χ2v) is 11.4. The molecule has 5 rings (SSSR count). The molecule has 0 spiro atoms. The summed E-state index contributed by atoms with van der Waals surface area (Å²) in [7, 11) is 0. The van der Waals surface area contributed by atoms with Crippen LogP contribution in [-0.2, 0) is 28.9 Å². The lowest BCUT2D eigenvalue weighted by Gasteiger charge is -2.42. The number of ether oxygens (including phenoxy) is 2. The fourth-order valence-electron chi connectivity index (χ4n) is 5.77. The van der Waals surface area contributed by atoms with Crippen molar-refractivity contribution in [2.75, 3.05) is 18.0 Å². The zero-order chi connectivity index (χ0) is 26.2. The number of hydrogen-bond acceptors (Lipinski definition) is 5. The summed E-state index contributed by atoms with van der Waals surface area (Å²) in [6.45, 7) is 7.19. The Labute approximate surface area is 217 Å². The molecule has 2 heterocycles. The number of nitrogens with zero attached hydrogens (tertiary/aromatic N) is 2. The van der Waals surface area contributed by atoms with Crippen LogP contribution in [0, 0.1) is 5.82 Å². The lowest BCUT2D eigenvalue weighted by atomic mass is 9.87. The molecular weight excluding hydrogens is 473 g/mol. The third-order valence-electron chi connectivity index (χ3n) is 7.47. The number of aryl methyl sites for hydroxylation is 1. The topological polar surface area (TPSA) is 71.1 Å². The molecule has 2 aromatic carbocycles. The van der Waals surface area contributed by atoms with Gasteiger partial charge in [-0.2, -0.15) is 0 Å². The van der Waals surface area contributed by atoms with E-state index in [1.807, 2.05) is 56.0 Å². The highest BCUT2D eigenvalue weighted by molar-refractivity contribution is 5.70. The lowest BCUT2D eigenvalue weighted by molar-refractivity contribution is 0.0123. The van der Waals surface area contributed by atoms with Crippen LogP contribution >= 0.6 is 0 Å². The summed E-state index contributed by atoms with van der Waals surface area (Å²) in [5.41, 5.74) is 2.92. The number of rotatable bonds is 4. The standard InChI is InChI=1S/C29H36FN3O4/c1-29(2,3)37-28(35)33-22-11-12-23(33)17-32(16-22)24-13-20-9-10-21(14-25(20)26(30)15-24)31-27(34)36-18-19-7-5-4-6-8-19/h4-8,13,15,21-23H,9-12,14,16-18H2,1-3H3,(H,31,34). The largest absolute Gasteiger partial charge is 0.445 e. The molecule has 0 saturated carbocycles. The summed E-state index contributed by atoms with van der Waals surface area (Å²) in [5, 5.41) is 2.90. The van der Waals surface area contributed by atoms with Gasteiger partial charge in [0.1, 0.15) is 18.0 Å². The van der Waals surface area contributed by atoms with Gasteiger partial charge in [-0.05, 0) is 81.7 Å². The highest BCUT2D eigenvalue weighted by atomic mass is 19.1.